The molecular weight excluding hydrogens is 426 g/mol. The lowest BCUT2D eigenvalue weighted by Crippen LogP contribution is -2.13. The molecule has 164 valence electrons. The number of carboxylic acid groups (broad SMARTS) is 1. The van der Waals surface area contributed by atoms with Crippen LogP contribution in [0.1, 0.15) is 21.5 Å². The van der Waals surface area contributed by atoms with Crippen LogP contribution in [0.15, 0.2) is 78.4 Å². The highest BCUT2D eigenvalue weighted by Gasteiger charge is 2.12. The Kier molecular flexibility index (Phi) is 7.13. The molecule has 3 rings (SSSR count). The van der Waals surface area contributed by atoms with Crippen LogP contribution in [-0.2, 0) is 11.4 Å². The van der Waals surface area contributed by atoms with Crippen molar-refractivity contribution in [3.63, 3.8) is 0 Å². The maximum atomic E-state index is 12.4. The predicted molar refractivity (Wildman–Crippen MR) is 119 cm³/mol. The Balaban J connectivity index is 1.63. The van der Waals surface area contributed by atoms with Crippen molar-refractivity contribution in [1.29, 1.82) is 5.26 Å². The maximum absolute atomic E-state index is 12.4. The van der Waals surface area contributed by atoms with Crippen LogP contribution in [0.2, 0.25) is 0 Å². The Morgan fingerprint density at radius 1 is 1.09 bits per heavy atom. The highest BCUT2D eigenvalue weighted by Crippen LogP contribution is 2.19. The first-order valence-electron chi connectivity index (χ1n) is 9.58. The van der Waals surface area contributed by atoms with Gasteiger partial charge in [0.15, 0.2) is 0 Å². The number of nitrogens with one attached hydrogen (secondary N) is 1. The molecule has 3 aromatic rings. The fraction of sp³-hybridized carbons (Fsp3) is 0.0417. The van der Waals surface area contributed by atoms with Crippen LogP contribution >= 0.6 is 0 Å². The second-order valence-electron chi connectivity index (χ2n) is 6.79. The minimum Gasteiger partial charge on any atom is -0.489 e. The summed E-state index contributed by atoms with van der Waals surface area (Å²) in [6.07, 6.45) is 1.39. The summed E-state index contributed by atoms with van der Waals surface area (Å²) in [5.74, 6) is -1.14. The van der Waals surface area contributed by atoms with E-state index < -0.39 is 16.8 Å². The molecule has 9 heteroatoms. The minimum absolute atomic E-state index is 0.173. The standard InChI is InChI=1S/C24H17N3O6/c25-14-19(23(28)26-20-2-1-3-21(13-20)27(31)32)12-16-6-10-22(11-7-16)33-15-17-4-8-18(9-5-17)24(29)30/h1-13H,15H2,(H,26,28)(H,29,30)/b19-12+. The maximum Gasteiger partial charge on any atom is 0.335 e. The van der Waals surface area contributed by atoms with Crippen molar-refractivity contribution in [2.45, 2.75) is 6.61 Å². The monoisotopic (exact) mass is 443 g/mol. The number of ether oxygens (including phenoxy) is 1. The topological polar surface area (TPSA) is 143 Å². The number of amides is 1. The van der Waals surface area contributed by atoms with Crippen molar-refractivity contribution in [1.82, 2.24) is 0 Å². The number of nitriles is 1. The summed E-state index contributed by atoms with van der Waals surface area (Å²) in [6, 6.07) is 20.2. The van der Waals surface area contributed by atoms with Gasteiger partial charge in [0.2, 0.25) is 0 Å². The Morgan fingerprint density at radius 3 is 2.39 bits per heavy atom. The molecule has 0 fully saturated rings. The Hall–Kier alpha value is -4.97. The lowest BCUT2D eigenvalue weighted by molar-refractivity contribution is -0.384. The molecular formula is C24H17N3O6. The average molecular weight is 443 g/mol. The number of rotatable bonds is 8. The van der Waals surface area contributed by atoms with Gasteiger partial charge in [0.25, 0.3) is 11.6 Å². The first kappa shape index (κ1) is 22.7. The average Bonchev–Trinajstić information content (AvgIpc) is 2.82. The lowest BCUT2D eigenvalue weighted by atomic mass is 10.1. The second kappa shape index (κ2) is 10.4. The number of carbonyl (C=O) groups is 2. The van der Waals surface area contributed by atoms with Crippen LogP contribution in [0.4, 0.5) is 11.4 Å². The van der Waals surface area contributed by atoms with Crippen LogP contribution in [0.5, 0.6) is 5.75 Å². The molecule has 0 heterocycles. The zero-order valence-electron chi connectivity index (χ0n) is 17.1. The summed E-state index contributed by atoms with van der Waals surface area (Å²) in [4.78, 5) is 33.6. The van der Waals surface area contributed by atoms with Gasteiger partial charge < -0.3 is 15.2 Å². The van der Waals surface area contributed by atoms with E-state index in [1.165, 1.54) is 42.5 Å². The summed E-state index contributed by atoms with van der Waals surface area (Å²) in [5.41, 5.74) is 1.43. The predicted octanol–water partition coefficient (Wildman–Crippen LogP) is 4.42. The number of hydrogen-bond donors (Lipinski definition) is 2. The number of nitro groups is 1. The minimum atomic E-state index is -0.999. The number of nitrogens with zero attached hydrogens (tertiary/aromatic N) is 2. The summed E-state index contributed by atoms with van der Waals surface area (Å²) in [7, 11) is 0. The van der Waals surface area contributed by atoms with E-state index in [1.54, 1.807) is 36.4 Å². The van der Waals surface area contributed by atoms with Crippen molar-refractivity contribution in [2.24, 2.45) is 0 Å². The van der Waals surface area contributed by atoms with E-state index in [-0.39, 0.29) is 29.1 Å². The molecule has 1 amide bonds. The molecule has 9 nitrogen and oxygen atoms in total. The molecule has 0 atom stereocenters. The number of benzene rings is 3. The Bertz CT molecular complexity index is 1260. The smallest absolute Gasteiger partial charge is 0.335 e. The number of non-ortho nitro benzene ring substituents is 1. The van der Waals surface area contributed by atoms with E-state index in [9.17, 15) is 25.0 Å². The summed E-state index contributed by atoms with van der Waals surface area (Å²) in [5, 5.41) is 31.6. The number of carboxylic acids is 1. The van der Waals surface area contributed by atoms with Gasteiger partial charge in [0.1, 0.15) is 24.0 Å². The van der Waals surface area contributed by atoms with Gasteiger partial charge in [0.05, 0.1) is 10.5 Å². The van der Waals surface area contributed by atoms with Crippen LogP contribution in [0.25, 0.3) is 6.08 Å². The highest BCUT2D eigenvalue weighted by molar-refractivity contribution is 6.09. The molecule has 0 saturated heterocycles. The van der Waals surface area contributed by atoms with E-state index in [0.717, 1.165) is 5.56 Å². The van der Waals surface area contributed by atoms with E-state index >= 15 is 0 Å². The van der Waals surface area contributed by atoms with E-state index in [0.29, 0.717) is 11.3 Å². The zero-order valence-corrected chi connectivity index (χ0v) is 17.1. The summed E-state index contributed by atoms with van der Waals surface area (Å²) >= 11 is 0. The van der Waals surface area contributed by atoms with Gasteiger partial charge in [-0.3, -0.25) is 14.9 Å². The molecule has 0 aliphatic carbocycles. The third-order valence-electron chi connectivity index (χ3n) is 4.48. The van der Waals surface area contributed by atoms with Crippen LogP contribution in [0, 0.1) is 21.4 Å². The number of carbonyl (C=O) groups excluding carboxylic acids is 1. The molecule has 2 N–H and O–H groups in total. The lowest BCUT2D eigenvalue weighted by Gasteiger charge is -2.07. The van der Waals surface area contributed by atoms with E-state index in [4.69, 9.17) is 9.84 Å². The largest absolute Gasteiger partial charge is 0.489 e. The Morgan fingerprint density at radius 2 is 1.79 bits per heavy atom. The SMILES string of the molecule is N#C/C(=C\c1ccc(OCc2ccc(C(=O)O)cc2)cc1)C(=O)Nc1cccc([N+](=O)[O-])c1. The zero-order chi connectivity index (χ0) is 23.8. The number of anilines is 1. The molecule has 0 aliphatic heterocycles. The Labute approximate surface area is 188 Å². The van der Waals surface area contributed by atoms with Gasteiger partial charge in [-0.1, -0.05) is 30.3 Å². The normalized spacial score (nSPS) is 10.7. The molecule has 0 aromatic heterocycles. The van der Waals surface area contributed by atoms with Gasteiger partial charge in [-0.25, -0.2) is 4.79 Å². The van der Waals surface area contributed by atoms with Gasteiger partial charge in [-0.2, -0.15) is 5.26 Å². The van der Waals surface area contributed by atoms with Crippen molar-refractivity contribution < 1.29 is 24.4 Å². The molecule has 3 aromatic carbocycles. The van der Waals surface area contributed by atoms with E-state index in [2.05, 4.69) is 5.32 Å². The van der Waals surface area contributed by atoms with Crippen molar-refractivity contribution in [3.8, 4) is 11.8 Å². The molecule has 0 saturated carbocycles. The van der Waals surface area contributed by atoms with Crippen molar-refractivity contribution >= 4 is 29.3 Å². The first-order chi connectivity index (χ1) is 15.9. The summed E-state index contributed by atoms with van der Waals surface area (Å²) < 4.78 is 5.67. The highest BCUT2D eigenvalue weighted by atomic mass is 16.6. The first-order valence-corrected chi connectivity index (χ1v) is 9.58. The molecule has 33 heavy (non-hydrogen) atoms. The van der Waals surface area contributed by atoms with Crippen molar-refractivity contribution in [3.05, 3.63) is 105 Å². The number of aromatic carboxylic acids is 1. The van der Waals surface area contributed by atoms with E-state index in [1.807, 2.05) is 6.07 Å². The second-order valence-corrected chi connectivity index (χ2v) is 6.79. The van der Waals surface area contributed by atoms with Crippen molar-refractivity contribution in [2.75, 3.05) is 5.32 Å². The number of hydrogen-bond acceptors (Lipinski definition) is 6. The fourth-order valence-electron chi connectivity index (χ4n) is 2.78. The quantitative estimate of drug-likeness (QED) is 0.227. The van der Waals surface area contributed by atoms with Gasteiger partial charge in [-0.05, 0) is 47.5 Å². The molecule has 0 unspecified atom stereocenters. The van der Waals surface area contributed by atoms with Crippen LogP contribution in [-0.4, -0.2) is 21.9 Å². The fourth-order valence-corrected chi connectivity index (χ4v) is 2.78. The molecule has 0 radical (unpaired) electrons. The molecule has 0 bridgehead atoms. The summed E-state index contributed by atoms with van der Waals surface area (Å²) in [6.45, 7) is 0.240. The van der Waals surface area contributed by atoms with Gasteiger partial charge >= 0.3 is 5.97 Å². The van der Waals surface area contributed by atoms with Gasteiger partial charge in [-0.15, -0.1) is 0 Å². The molecule has 0 spiro atoms. The van der Waals surface area contributed by atoms with Crippen LogP contribution in [0.3, 0.4) is 0 Å². The molecule has 0 aliphatic rings. The number of nitro benzene ring substituents is 1. The van der Waals surface area contributed by atoms with Gasteiger partial charge in [0, 0.05) is 17.8 Å². The van der Waals surface area contributed by atoms with Crippen LogP contribution < -0.4 is 10.1 Å². The third-order valence-corrected chi connectivity index (χ3v) is 4.48. The third kappa shape index (κ3) is 6.26.